The zero-order valence-electron chi connectivity index (χ0n) is 8.00. The molecule has 74 valence electrons. The molecule has 1 nitrogen and oxygen atoms in total. The lowest BCUT2D eigenvalue weighted by Crippen LogP contribution is -2.30. The lowest BCUT2D eigenvalue weighted by atomic mass is 9.88. The van der Waals surface area contributed by atoms with Gasteiger partial charge >= 0.3 is 0 Å². The number of halogens is 2. The van der Waals surface area contributed by atoms with E-state index in [1.54, 1.807) is 0 Å². The van der Waals surface area contributed by atoms with Gasteiger partial charge in [-0.3, -0.25) is 0 Å². The molecule has 0 saturated carbocycles. The van der Waals surface area contributed by atoms with Crippen LogP contribution in [0.15, 0.2) is 0 Å². The largest absolute Gasteiger partial charge is 0.314 e. The zero-order chi connectivity index (χ0) is 9.45. The smallest absolute Gasteiger partial charge is 0.102 e. The molecule has 0 aromatic rings. The van der Waals surface area contributed by atoms with E-state index in [0.29, 0.717) is 12.4 Å². The monoisotopic (exact) mass is 195 g/mol. The standard InChI is InChI=1S/C9H19ClFN/c1-9(2,4-3-5-10)8-12-7-6-11/h12H,3-8H2,1-2H3. The Balaban J connectivity index is 3.42. The average molecular weight is 196 g/mol. The quantitative estimate of drug-likeness (QED) is 0.487. The third-order valence-corrected chi connectivity index (χ3v) is 2.13. The van der Waals surface area contributed by atoms with Crippen LogP contribution in [0.1, 0.15) is 26.7 Å². The fraction of sp³-hybridized carbons (Fsp3) is 1.00. The number of nitrogens with one attached hydrogen (secondary N) is 1. The molecule has 0 rings (SSSR count). The second-order valence-corrected chi connectivity index (χ2v) is 4.20. The lowest BCUT2D eigenvalue weighted by Gasteiger charge is -2.24. The zero-order valence-corrected chi connectivity index (χ0v) is 8.75. The van der Waals surface area contributed by atoms with Crippen molar-refractivity contribution in [2.75, 3.05) is 25.6 Å². The van der Waals surface area contributed by atoms with Crippen LogP contribution in [0.2, 0.25) is 0 Å². The summed E-state index contributed by atoms with van der Waals surface area (Å²) in [6, 6.07) is 0. The van der Waals surface area contributed by atoms with Crippen molar-refractivity contribution >= 4 is 11.6 Å². The van der Waals surface area contributed by atoms with Gasteiger partial charge in [0.25, 0.3) is 0 Å². The molecule has 0 fully saturated rings. The van der Waals surface area contributed by atoms with Crippen LogP contribution in [0.3, 0.4) is 0 Å². The SMILES string of the molecule is CC(C)(CCCCl)CNCCF. The van der Waals surface area contributed by atoms with E-state index in [2.05, 4.69) is 19.2 Å². The van der Waals surface area contributed by atoms with Gasteiger partial charge in [-0.25, -0.2) is 4.39 Å². The minimum absolute atomic E-state index is 0.240. The van der Waals surface area contributed by atoms with E-state index in [4.69, 9.17) is 11.6 Å². The van der Waals surface area contributed by atoms with E-state index >= 15 is 0 Å². The highest BCUT2D eigenvalue weighted by molar-refractivity contribution is 6.17. The minimum atomic E-state index is -0.286. The van der Waals surface area contributed by atoms with Crippen LogP contribution >= 0.6 is 11.6 Å². The molecule has 0 spiro atoms. The summed E-state index contributed by atoms with van der Waals surface area (Å²) in [4.78, 5) is 0. The van der Waals surface area contributed by atoms with E-state index in [0.717, 1.165) is 19.4 Å². The third kappa shape index (κ3) is 6.86. The molecule has 0 bridgehead atoms. The normalized spacial score (nSPS) is 12.0. The van der Waals surface area contributed by atoms with Gasteiger partial charge in [0.2, 0.25) is 0 Å². The Morgan fingerprint density at radius 2 is 2.08 bits per heavy atom. The highest BCUT2D eigenvalue weighted by Crippen LogP contribution is 2.21. The number of rotatable bonds is 7. The van der Waals surface area contributed by atoms with Crippen molar-refractivity contribution in [2.45, 2.75) is 26.7 Å². The Kier molecular flexibility index (Phi) is 6.77. The maximum Gasteiger partial charge on any atom is 0.102 e. The van der Waals surface area contributed by atoms with Crippen molar-refractivity contribution in [2.24, 2.45) is 5.41 Å². The molecule has 0 aliphatic carbocycles. The van der Waals surface area contributed by atoms with Crippen molar-refractivity contribution in [1.29, 1.82) is 0 Å². The van der Waals surface area contributed by atoms with E-state index < -0.39 is 0 Å². The van der Waals surface area contributed by atoms with E-state index in [-0.39, 0.29) is 12.1 Å². The highest BCUT2D eigenvalue weighted by atomic mass is 35.5. The first-order valence-corrected chi connectivity index (χ1v) is 4.98. The first kappa shape index (κ1) is 12.2. The van der Waals surface area contributed by atoms with Gasteiger partial charge in [-0.05, 0) is 18.3 Å². The van der Waals surface area contributed by atoms with Gasteiger partial charge in [-0.2, -0.15) is 0 Å². The van der Waals surface area contributed by atoms with E-state index in [1.165, 1.54) is 0 Å². The van der Waals surface area contributed by atoms with Gasteiger partial charge in [-0.1, -0.05) is 13.8 Å². The third-order valence-electron chi connectivity index (χ3n) is 1.86. The number of alkyl halides is 2. The molecule has 0 aliphatic heterocycles. The second-order valence-electron chi connectivity index (χ2n) is 3.82. The van der Waals surface area contributed by atoms with Gasteiger partial charge in [0.15, 0.2) is 0 Å². The molecule has 0 aromatic heterocycles. The Bertz CT molecular complexity index is 107. The van der Waals surface area contributed by atoms with Crippen molar-refractivity contribution < 1.29 is 4.39 Å². The summed E-state index contributed by atoms with van der Waals surface area (Å²) in [5, 5.41) is 3.07. The molecular formula is C9H19ClFN. The van der Waals surface area contributed by atoms with Crippen molar-refractivity contribution in [1.82, 2.24) is 5.32 Å². The summed E-state index contributed by atoms with van der Waals surface area (Å²) in [7, 11) is 0. The summed E-state index contributed by atoms with van der Waals surface area (Å²) >= 11 is 5.59. The lowest BCUT2D eigenvalue weighted by molar-refractivity contribution is 0.305. The van der Waals surface area contributed by atoms with Crippen molar-refractivity contribution in [3.8, 4) is 0 Å². The van der Waals surface area contributed by atoms with Gasteiger partial charge in [-0.15, -0.1) is 11.6 Å². The first-order valence-electron chi connectivity index (χ1n) is 4.45. The molecule has 0 aromatic carbocycles. The van der Waals surface area contributed by atoms with Crippen LogP contribution < -0.4 is 5.32 Å². The molecule has 0 aliphatic rings. The predicted molar refractivity (Wildman–Crippen MR) is 52.6 cm³/mol. The predicted octanol–water partition coefficient (Wildman–Crippen LogP) is 2.59. The Morgan fingerprint density at radius 3 is 2.58 bits per heavy atom. The summed E-state index contributed by atoms with van der Waals surface area (Å²) in [6.07, 6.45) is 2.13. The topological polar surface area (TPSA) is 12.0 Å². The fourth-order valence-corrected chi connectivity index (χ4v) is 1.26. The maximum absolute atomic E-state index is 11.7. The Labute approximate surface area is 79.7 Å². The van der Waals surface area contributed by atoms with Crippen LogP contribution in [0, 0.1) is 5.41 Å². The molecule has 12 heavy (non-hydrogen) atoms. The highest BCUT2D eigenvalue weighted by Gasteiger charge is 2.15. The first-order chi connectivity index (χ1) is 5.62. The van der Waals surface area contributed by atoms with Crippen LogP contribution in [0.5, 0.6) is 0 Å². The number of hydrogen-bond donors (Lipinski definition) is 1. The molecule has 0 unspecified atom stereocenters. The van der Waals surface area contributed by atoms with Crippen LogP contribution in [-0.2, 0) is 0 Å². The minimum Gasteiger partial charge on any atom is -0.314 e. The summed E-state index contributed by atoms with van der Waals surface area (Å²) in [6.45, 7) is 5.39. The molecule has 0 heterocycles. The van der Waals surface area contributed by atoms with Gasteiger partial charge < -0.3 is 5.32 Å². The molecule has 0 radical (unpaired) electrons. The van der Waals surface area contributed by atoms with Crippen LogP contribution in [0.4, 0.5) is 4.39 Å². The van der Waals surface area contributed by atoms with Gasteiger partial charge in [0, 0.05) is 19.0 Å². The molecule has 0 saturated heterocycles. The maximum atomic E-state index is 11.7. The summed E-state index contributed by atoms with van der Waals surface area (Å²) in [5.74, 6) is 0.715. The second kappa shape index (κ2) is 6.67. The summed E-state index contributed by atoms with van der Waals surface area (Å²) in [5.41, 5.74) is 0.240. The van der Waals surface area contributed by atoms with E-state index in [9.17, 15) is 4.39 Å². The molecular weight excluding hydrogens is 177 g/mol. The summed E-state index contributed by atoms with van der Waals surface area (Å²) < 4.78 is 11.7. The van der Waals surface area contributed by atoms with Gasteiger partial charge in [0.1, 0.15) is 6.67 Å². The molecule has 0 amide bonds. The molecule has 0 atom stereocenters. The Hall–Kier alpha value is 0.180. The van der Waals surface area contributed by atoms with Crippen LogP contribution in [-0.4, -0.2) is 25.6 Å². The number of hydrogen-bond acceptors (Lipinski definition) is 1. The van der Waals surface area contributed by atoms with E-state index in [1.807, 2.05) is 0 Å². The average Bonchev–Trinajstić information content (AvgIpc) is 2.01. The Morgan fingerprint density at radius 1 is 1.42 bits per heavy atom. The van der Waals surface area contributed by atoms with Gasteiger partial charge in [0.05, 0.1) is 0 Å². The molecule has 1 N–H and O–H groups in total. The van der Waals surface area contributed by atoms with Crippen LogP contribution in [0.25, 0.3) is 0 Å². The van der Waals surface area contributed by atoms with Crippen molar-refractivity contribution in [3.63, 3.8) is 0 Å². The fourth-order valence-electron chi connectivity index (χ4n) is 1.13. The van der Waals surface area contributed by atoms with Crippen molar-refractivity contribution in [3.05, 3.63) is 0 Å². The molecule has 3 heteroatoms.